The van der Waals surface area contributed by atoms with Crippen LogP contribution in [0.2, 0.25) is 0 Å². The molecule has 0 fully saturated rings. The van der Waals surface area contributed by atoms with Gasteiger partial charge in [-0.1, -0.05) is 27.7 Å². The Morgan fingerprint density at radius 3 is 2.03 bits per heavy atom. The Hall–Kier alpha value is -1.71. The van der Waals surface area contributed by atoms with Crippen LogP contribution < -0.4 is 0 Å². The van der Waals surface area contributed by atoms with Crippen molar-refractivity contribution in [2.45, 2.75) is 76.0 Å². The molecule has 0 atom stereocenters. The average Bonchev–Trinajstić information content (AvgIpc) is 3.03. The fraction of sp³-hybridized carbons (Fsp3) is 0.500. The zero-order valence-corrected chi connectivity index (χ0v) is 20.0. The second-order valence-corrected chi connectivity index (χ2v) is 10.9. The molecule has 0 aliphatic rings. The number of carbonyl (C=O) groups is 1. The van der Waals surface area contributed by atoms with E-state index >= 15 is 0 Å². The number of aliphatic hydroxyl groups is 1. The minimum absolute atomic E-state index is 0.107. The first kappa shape index (κ1) is 25.5. The van der Waals surface area contributed by atoms with Crippen LogP contribution in [0.15, 0.2) is 26.8 Å². The van der Waals surface area contributed by atoms with E-state index < -0.39 is 34.3 Å². The van der Waals surface area contributed by atoms with Gasteiger partial charge in [0.1, 0.15) is 5.82 Å². The Bertz CT molecular complexity index is 1020. The second kappa shape index (κ2) is 9.83. The third-order valence-corrected chi connectivity index (χ3v) is 7.54. The molecule has 0 aliphatic heterocycles. The molecule has 0 aliphatic carbocycles. The number of alkyl halides is 2. The highest BCUT2D eigenvalue weighted by Crippen LogP contribution is 2.34. The number of rotatable bonds is 7. The molecule has 1 N–H and O–H groups in total. The van der Waals surface area contributed by atoms with E-state index in [0.717, 1.165) is 17.4 Å². The molecule has 0 saturated carbocycles. The average molecular weight is 475 g/mol. The number of nitrogens with zero attached hydrogens (tertiary/aromatic N) is 1. The maximum absolute atomic E-state index is 14.2. The van der Waals surface area contributed by atoms with Crippen molar-refractivity contribution in [3.63, 3.8) is 0 Å². The van der Waals surface area contributed by atoms with Gasteiger partial charge in [-0.3, -0.25) is 4.79 Å². The van der Waals surface area contributed by atoms with Gasteiger partial charge in [0.2, 0.25) is 5.91 Å². The van der Waals surface area contributed by atoms with Crippen LogP contribution in [-0.2, 0) is 31.6 Å². The number of benzene rings is 1. The van der Waals surface area contributed by atoms with Crippen LogP contribution >= 0.6 is 11.3 Å². The van der Waals surface area contributed by atoms with Crippen LogP contribution in [0.3, 0.4) is 0 Å². The highest BCUT2D eigenvalue weighted by molar-refractivity contribution is 7.78. The summed E-state index contributed by atoms with van der Waals surface area (Å²) < 4.78 is 56.8. The summed E-state index contributed by atoms with van der Waals surface area (Å²) in [6.45, 7) is 10.3. The quantitative estimate of drug-likeness (QED) is 0.461. The van der Waals surface area contributed by atoms with E-state index in [0.29, 0.717) is 16.7 Å². The van der Waals surface area contributed by atoms with Gasteiger partial charge in [-0.05, 0) is 64.8 Å². The maximum atomic E-state index is 14.2. The normalized spacial score (nSPS) is 13.6. The van der Waals surface area contributed by atoms with Gasteiger partial charge in [0.25, 0.3) is 6.43 Å². The second-order valence-electron chi connectivity index (χ2n) is 8.50. The van der Waals surface area contributed by atoms with Crippen molar-refractivity contribution in [1.29, 1.82) is 0 Å². The predicted molar refractivity (Wildman–Crippen MR) is 117 cm³/mol. The molecule has 0 unspecified atom stereocenters. The SMILES string of the molecule is CC(C)c1cc(C(F)F)cc(C(C)C)c1CC(=O)N=[S-](=O)c1sc(C(C)(C)O)cc1F. The van der Waals surface area contributed by atoms with Crippen LogP contribution in [0.4, 0.5) is 13.2 Å². The van der Waals surface area contributed by atoms with Crippen LogP contribution in [0, 0.1) is 5.82 Å². The molecule has 1 aromatic heterocycles. The van der Waals surface area contributed by atoms with E-state index in [1.54, 1.807) is 0 Å². The van der Waals surface area contributed by atoms with Gasteiger partial charge in [-0.2, -0.15) is 11.3 Å². The number of amides is 1. The van der Waals surface area contributed by atoms with Crippen molar-refractivity contribution in [3.8, 4) is 0 Å². The van der Waals surface area contributed by atoms with E-state index in [-0.39, 0.29) is 32.9 Å². The summed E-state index contributed by atoms with van der Waals surface area (Å²) in [6, 6.07) is 3.87. The molecule has 2 rings (SSSR count). The van der Waals surface area contributed by atoms with Crippen LogP contribution in [0.25, 0.3) is 0 Å². The number of halogens is 3. The largest absolute Gasteiger partial charge is 0.439 e. The molecule has 4 nitrogen and oxygen atoms in total. The van der Waals surface area contributed by atoms with Crippen molar-refractivity contribution in [2.75, 3.05) is 0 Å². The monoisotopic (exact) mass is 474 g/mol. The van der Waals surface area contributed by atoms with E-state index in [9.17, 15) is 27.3 Å². The van der Waals surface area contributed by atoms with Crippen molar-refractivity contribution < 1.29 is 27.3 Å². The molecule has 31 heavy (non-hydrogen) atoms. The van der Waals surface area contributed by atoms with E-state index in [4.69, 9.17) is 0 Å². The summed E-state index contributed by atoms with van der Waals surface area (Å²) in [5.74, 6) is -1.77. The third-order valence-electron chi connectivity index (χ3n) is 4.77. The lowest BCUT2D eigenvalue weighted by molar-refractivity contribution is -0.117. The molecule has 1 aromatic carbocycles. The first-order valence-electron chi connectivity index (χ1n) is 9.85. The van der Waals surface area contributed by atoms with Gasteiger partial charge in [-0.15, -0.1) is 10.6 Å². The molecule has 1 heterocycles. The Labute approximate surface area is 186 Å². The van der Waals surface area contributed by atoms with Gasteiger partial charge < -0.3 is 13.7 Å². The molecule has 0 saturated heterocycles. The van der Waals surface area contributed by atoms with Crippen LogP contribution in [0.1, 0.15) is 86.9 Å². The van der Waals surface area contributed by atoms with Gasteiger partial charge in [0.05, 0.1) is 12.0 Å². The molecule has 0 bridgehead atoms. The van der Waals surface area contributed by atoms with Gasteiger partial charge in [0.15, 0.2) is 0 Å². The van der Waals surface area contributed by atoms with Crippen molar-refractivity contribution >= 4 is 27.8 Å². The van der Waals surface area contributed by atoms with Gasteiger partial charge in [0, 0.05) is 10.4 Å². The van der Waals surface area contributed by atoms with Gasteiger partial charge >= 0.3 is 0 Å². The predicted octanol–water partition coefficient (Wildman–Crippen LogP) is 6.57. The summed E-state index contributed by atoms with van der Waals surface area (Å²) in [4.78, 5) is 12.9. The zero-order chi connectivity index (χ0) is 23.7. The lowest BCUT2D eigenvalue weighted by Crippen LogP contribution is -2.12. The highest BCUT2D eigenvalue weighted by Gasteiger charge is 2.22. The summed E-state index contributed by atoms with van der Waals surface area (Å²) in [6.07, 6.45) is -2.86. The van der Waals surface area contributed by atoms with Crippen molar-refractivity contribution in [3.05, 3.63) is 51.1 Å². The lowest BCUT2D eigenvalue weighted by atomic mass is 9.85. The number of carbonyl (C=O) groups excluding carboxylic acids is 1. The minimum Gasteiger partial charge on any atom is -0.439 e. The number of thiophene rings is 1. The lowest BCUT2D eigenvalue weighted by Gasteiger charge is -2.21. The van der Waals surface area contributed by atoms with E-state index in [2.05, 4.69) is 4.36 Å². The maximum Gasteiger partial charge on any atom is 0.263 e. The summed E-state index contributed by atoms with van der Waals surface area (Å²) >= 11 is 0.790. The standard InChI is InChI=1S/C22H27F3NO3S2/c1-11(2)14-7-13(20(24)25)8-15(12(3)4)16(14)9-19(27)26-31(29)21-17(23)10-18(30-21)22(5,6)28/h7-8,10-12,20,28H,9H2,1-6H3/q-1. The summed E-state index contributed by atoms with van der Waals surface area (Å²) in [5.41, 5.74) is 0.390. The third kappa shape index (κ3) is 6.17. The van der Waals surface area contributed by atoms with E-state index in [1.165, 1.54) is 26.0 Å². The molecule has 172 valence electrons. The van der Waals surface area contributed by atoms with E-state index in [1.807, 2.05) is 27.7 Å². The molecular weight excluding hydrogens is 447 g/mol. The topological polar surface area (TPSA) is 66.7 Å². The zero-order valence-electron chi connectivity index (χ0n) is 18.3. The van der Waals surface area contributed by atoms with Crippen molar-refractivity contribution in [1.82, 2.24) is 0 Å². The molecule has 0 spiro atoms. The molecule has 0 radical (unpaired) electrons. The van der Waals surface area contributed by atoms with Crippen LogP contribution in [0.5, 0.6) is 0 Å². The fourth-order valence-electron chi connectivity index (χ4n) is 3.19. The summed E-state index contributed by atoms with van der Waals surface area (Å²) in [5, 5.41) is 10.0. The molecule has 2 aromatic rings. The Morgan fingerprint density at radius 2 is 1.65 bits per heavy atom. The minimum atomic E-state index is -2.64. The molecule has 9 heteroatoms. The number of hydrogen-bond donors (Lipinski definition) is 1. The Morgan fingerprint density at radius 1 is 1.13 bits per heavy atom. The first-order valence-corrected chi connectivity index (χ1v) is 11.8. The smallest absolute Gasteiger partial charge is 0.263 e. The first-order chi connectivity index (χ1) is 14.2. The van der Waals surface area contributed by atoms with Gasteiger partial charge in [-0.25, -0.2) is 13.2 Å². The highest BCUT2D eigenvalue weighted by atomic mass is 32.2. The van der Waals surface area contributed by atoms with Crippen molar-refractivity contribution in [2.24, 2.45) is 4.36 Å². The Kier molecular flexibility index (Phi) is 8.10. The molecular formula is C22H27F3NO3S2-. The summed E-state index contributed by atoms with van der Waals surface area (Å²) in [7, 11) is -2.27. The fourth-order valence-corrected chi connectivity index (χ4v) is 5.18. The Balaban J connectivity index is 2.45. The number of hydrogen-bond acceptors (Lipinski definition) is 5. The van der Waals surface area contributed by atoms with Crippen LogP contribution in [-0.4, -0.2) is 11.0 Å². The molecule has 1 amide bonds.